The Labute approximate surface area is 194 Å². The monoisotopic (exact) mass is 428 g/mol. The van der Waals surface area contributed by atoms with Crippen molar-refractivity contribution in [2.24, 2.45) is 0 Å². The van der Waals surface area contributed by atoms with Gasteiger partial charge in [0.05, 0.1) is 0 Å². The molecule has 0 aliphatic heterocycles. The zero-order valence-corrected chi connectivity index (χ0v) is 18.7. The van der Waals surface area contributed by atoms with Crippen LogP contribution in [0.15, 0.2) is 109 Å². The molecular weight excluding hydrogens is 404 g/mol. The van der Waals surface area contributed by atoms with Crippen LogP contribution in [0.5, 0.6) is 0 Å². The number of hydrogen-bond acceptors (Lipinski definition) is 4. The van der Waals surface area contributed by atoms with Crippen LogP contribution in [-0.4, -0.2) is 15.0 Å². The Morgan fingerprint density at radius 3 is 1.24 bits per heavy atom. The van der Waals surface area contributed by atoms with Crippen LogP contribution in [0.25, 0.3) is 22.8 Å². The van der Waals surface area contributed by atoms with E-state index in [9.17, 15) is 0 Å². The van der Waals surface area contributed by atoms with E-state index in [1.54, 1.807) is 0 Å². The predicted octanol–water partition coefficient (Wildman–Crippen LogP) is 7.29. The van der Waals surface area contributed by atoms with E-state index in [4.69, 9.17) is 15.0 Å². The van der Waals surface area contributed by atoms with Gasteiger partial charge in [0.15, 0.2) is 11.6 Å². The van der Waals surface area contributed by atoms with Gasteiger partial charge in [-0.2, -0.15) is 9.97 Å². The topological polar surface area (TPSA) is 41.9 Å². The minimum absolute atomic E-state index is 0.577. The standard InChI is InChI=1S/C29H24N4/c1-21-13-17-23(18-14-21)27-30-28(24-19-15-22(2)16-20-24)32-29(31-27)33(25-9-5-3-6-10-25)26-11-7-4-8-12-26/h3-20H,1-2H3. The van der Waals surface area contributed by atoms with Crippen molar-refractivity contribution in [3.63, 3.8) is 0 Å². The second-order valence-corrected chi connectivity index (χ2v) is 8.02. The van der Waals surface area contributed by atoms with Crippen LogP contribution < -0.4 is 4.90 Å². The Bertz CT molecular complexity index is 1240. The van der Waals surface area contributed by atoms with Gasteiger partial charge < -0.3 is 0 Å². The third-order valence-electron chi connectivity index (χ3n) is 5.47. The van der Waals surface area contributed by atoms with Crippen LogP contribution in [0.4, 0.5) is 17.3 Å². The Balaban J connectivity index is 1.73. The summed E-state index contributed by atoms with van der Waals surface area (Å²) < 4.78 is 0. The van der Waals surface area contributed by atoms with Gasteiger partial charge in [-0.3, -0.25) is 4.90 Å². The first-order valence-electron chi connectivity index (χ1n) is 11.0. The van der Waals surface area contributed by atoms with E-state index in [0.717, 1.165) is 22.5 Å². The predicted molar refractivity (Wildman–Crippen MR) is 135 cm³/mol. The molecule has 0 amide bonds. The molecule has 0 unspecified atom stereocenters. The zero-order chi connectivity index (χ0) is 22.6. The SMILES string of the molecule is Cc1ccc(-c2nc(-c3ccc(C)cc3)nc(N(c3ccccc3)c3ccccc3)n2)cc1. The smallest absolute Gasteiger partial charge is 0.238 e. The summed E-state index contributed by atoms with van der Waals surface area (Å²) in [6.07, 6.45) is 0. The summed E-state index contributed by atoms with van der Waals surface area (Å²) >= 11 is 0. The summed E-state index contributed by atoms with van der Waals surface area (Å²) in [5.74, 6) is 1.87. The number of aryl methyl sites for hydroxylation is 2. The van der Waals surface area contributed by atoms with Crippen LogP contribution in [0, 0.1) is 13.8 Å². The van der Waals surface area contributed by atoms with Gasteiger partial charge in [0.25, 0.3) is 0 Å². The normalized spacial score (nSPS) is 10.7. The highest BCUT2D eigenvalue weighted by molar-refractivity contribution is 5.74. The molecule has 0 radical (unpaired) electrons. The number of hydrogen-bond donors (Lipinski definition) is 0. The Morgan fingerprint density at radius 1 is 0.455 bits per heavy atom. The highest BCUT2D eigenvalue weighted by Gasteiger charge is 2.19. The molecule has 0 aliphatic carbocycles. The molecule has 0 aliphatic rings. The highest BCUT2D eigenvalue weighted by Crippen LogP contribution is 2.34. The molecule has 4 heteroatoms. The maximum Gasteiger partial charge on any atom is 0.238 e. The summed E-state index contributed by atoms with van der Waals surface area (Å²) in [4.78, 5) is 16.8. The summed E-state index contributed by atoms with van der Waals surface area (Å²) in [6, 6.07) is 36.9. The molecule has 0 saturated carbocycles. The van der Waals surface area contributed by atoms with E-state index in [1.807, 2.05) is 36.4 Å². The van der Waals surface area contributed by atoms with Crippen LogP contribution in [0.2, 0.25) is 0 Å². The van der Waals surface area contributed by atoms with E-state index < -0.39 is 0 Å². The van der Waals surface area contributed by atoms with E-state index in [2.05, 4.69) is 91.5 Å². The highest BCUT2D eigenvalue weighted by atomic mass is 15.3. The average molecular weight is 429 g/mol. The molecule has 0 fully saturated rings. The van der Waals surface area contributed by atoms with E-state index in [1.165, 1.54) is 11.1 Å². The third-order valence-corrected chi connectivity index (χ3v) is 5.47. The van der Waals surface area contributed by atoms with Crippen LogP contribution >= 0.6 is 0 Å². The van der Waals surface area contributed by atoms with Gasteiger partial charge in [0.1, 0.15) is 0 Å². The van der Waals surface area contributed by atoms with Gasteiger partial charge in [-0.15, -0.1) is 0 Å². The van der Waals surface area contributed by atoms with Crippen molar-refractivity contribution in [3.8, 4) is 22.8 Å². The first-order valence-corrected chi connectivity index (χ1v) is 11.0. The molecule has 0 spiro atoms. The van der Waals surface area contributed by atoms with Gasteiger partial charge in [0.2, 0.25) is 5.95 Å². The summed E-state index contributed by atoms with van der Waals surface area (Å²) in [7, 11) is 0. The van der Waals surface area contributed by atoms with Crippen molar-refractivity contribution in [2.45, 2.75) is 13.8 Å². The second-order valence-electron chi connectivity index (χ2n) is 8.02. The Hall–Kier alpha value is -4.31. The molecule has 5 aromatic rings. The minimum Gasteiger partial charge on any atom is -0.279 e. The van der Waals surface area contributed by atoms with Gasteiger partial charge in [-0.05, 0) is 38.1 Å². The number of anilines is 3. The lowest BCUT2D eigenvalue weighted by molar-refractivity contribution is 1.02. The number of aromatic nitrogens is 3. The Morgan fingerprint density at radius 2 is 0.848 bits per heavy atom. The van der Waals surface area contributed by atoms with Crippen LogP contribution in [0.3, 0.4) is 0 Å². The fraction of sp³-hybridized carbons (Fsp3) is 0.0690. The maximum absolute atomic E-state index is 4.93. The van der Waals surface area contributed by atoms with Gasteiger partial charge in [-0.1, -0.05) is 96.1 Å². The molecule has 33 heavy (non-hydrogen) atoms. The van der Waals surface area contributed by atoms with Crippen LogP contribution in [0.1, 0.15) is 11.1 Å². The number of rotatable bonds is 5. The number of benzene rings is 4. The number of para-hydroxylation sites is 2. The molecule has 4 nitrogen and oxygen atoms in total. The van der Waals surface area contributed by atoms with E-state index in [-0.39, 0.29) is 0 Å². The van der Waals surface area contributed by atoms with E-state index >= 15 is 0 Å². The van der Waals surface area contributed by atoms with Gasteiger partial charge in [-0.25, -0.2) is 4.98 Å². The fourth-order valence-corrected chi connectivity index (χ4v) is 3.66. The van der Waals surface area contributed by atoms with Gasteiger partial charge in [0, 0.05) is 22.5 Å². The lowest BCUT2D eigenvalue weighted by Gasteiger charge is -2.23. The lowest BCUT2D eigenvalue weighted by atomic mass is 10.1. The lowest BCUT2D eigenvalue weighted by Crippen LogP contribution is -2.15. The molecule has 0 atom stereocenters. The van der Waals surface area contributed by atoms with Crippen molar-refractivity contribution in [1.29, 1.82) is 0 Å². The third kappa shape index (κ3) is 4.51. The second kappa shape index (κ2) is 9.05. The minimum atomic E-state index is 0.577. The van der Waals surface area contributed by atoms with Crippen molar-refractivity contribution < 1.29 is 0 Å². The van der Waals surface area contributed by atoms with Gasteiger partial charge >= 0.3 is 0 Å². The molecule has 0 saturated heterocycles. The zero-order valence-electron chi connectivity index (χ0n) is 18.7. The first kappa shape index (κ1) is 20.6. The molecule has 160 valence electrons. The molecule has 1 aromatic heterocycles. The molecule has 0 N–H and O–H groups in total. The van der Waals surface area contributed by atoms with Crippen molar-refractivity contribution in [3.05, 3.63) is 120 Å². The average Bonchev–Trinajstić information content (AvgIpc) is 2.86. The molecule has 0 bridgehead atoms. The molecule has 1 heterocycles. The fourth-order valence-electron chi connectivity index (χ4n) is 3.66. The number of nitrogens with zero attached hydrogens (tertiary/aromatic N) is 4. The molecule has 5 rings (SSSR count). The van der Waals surface area contributed by atoms with Crippen LogP contribution in [-0.2, 0) is 0 Å². The molecular formula is C29H24N4. The van der Waals surface area contributed by atoms with Crippen molar-refractivity contribution >= 4 is 17.3 Å². The first-order chi connectivity index (χ1) is 16.2. The maximum atomic E-state index is 4.93. The summed E-state index contributed by atoms with van der Waals surface area (Å²) in [5, 5.41) is 0. The molecule has 4 aromatic carbocycles. The quantitative estimate of drug-likeness (QED) is 0.295. The van der Waals surface area contributed by atoms with E-state index in [0.29, 0.717) is 17.6 Å². The van der Waals surface area contributed by atoms with Crippen molar-refractivity contribution in [1.82, 2.24) is 15.0 Å². The van der Waals surface area contributed by atoms with Crippen molar-refractivity contribution in [2.75, 3.05) is 4.90 Å². The summed E-state index contributed by atoms with van der Waals surface area (Å²) in [6.45, 7) is 4.15. The largest absolute Gasteiger partial charge is 0.279 e. The Kier molecular flexibility index (Phi) is 5.64. The summed E-state index contributed by atoms with van der Waals surface area (Å²) in [5.41, 5.74) is 6.28.